The van der Waals surface area contributed by atoms with E-state index in [9.17, 15) is 0 Å². The van der Waals surface area contributed by atoms with Crippen LogP contribution in [0.25, 0.3) is 0 Å². The van der Waals surface area contributed by atoms with Gasteiger partial charge < -0.3 is 0 Å². The van der Waals surface area contributed by atoms with Crippen LogP contribution in [0.3, 0.4) is 0 Å². The molecule has 0 fully saturated rings. The Labute approximate surface area is 138 Å². The molecule has 4 nitrogen and oxygen atoms in total. The van der Waals surface area contributed by atoms with E-state index in [0.717, 1.165) is 5.69 Å². The minimum absolute atomic E-state index is 0.500. The average Bonchev–Trinajstić information content (AvgIpc) is 2.84. The predicted octanol–water partition coefficient (Wildman–Crippen LogP) is 5.49. The molecule has 21 heavy (non-hydrogen) atoms. The van der Waals surface area contributed by atoms with Gasteiger partial charge in [0.2, 0.25) is 0 Å². The summed E-state index contributed by atoms with van der Waals surface area (Å²) in [5.41, 5.74) is 2.00. The van der Waals surface area contributed by atoms with Crippen molar-refractivity contribution in [3.63, 3.8) is 0 Å². The lowest BCUT2D eigenvalue weighted by molar-refractivity contribution is 0.469. The SMILES string of the molecule is CC(C)(C)C.CC(C)(C)C.Cc1cnsn1.c1cnsn1. The van der Waals surface area contributed by atoms with E-state index in [1.807, 2.05) is 6.92 Å². The molecule has 0 aliphatic carbocycles. The molecule has 0 N–H and O–H groups in total. The maximum absolute atomic E-state index is 3.85. The molecule has 0 aromatic carbocycles. The third-order valence-corrected chi connectivity index (χ3v) is 1.76. The zero-order valence-electron chi connectivity index (χ0n) is 14.8. The fraction of sp³-hybridized carbons (Fsp3) is 0.733. The molecular formula is C15H30N4S2. The van der Waals surface area contributed by atoms with Gasteiger partial charge in [-0.1, -0.05) is 55.4 Å². The van der Waals surface area contributed by atoms with Gasteiger partial charge in [0.1, 0.15) is 0 Å². The number of rotatable bonds is 0. The molecule has 0 saturated heterocycles. The lowest BCUT2D eigenvalue weighted by Gasteiger charge is -2.05. The van der Waals surface area contributed by atoms with Crippen LogP contribution in [0, 0.1) is 17.8 Å². The van der Waals surface area contributed by atoms with Crippen LogP contribution in [-0.2, 0) is 0 Å². The number of aromatic nitrogens is 4. The minimum Gasteiger partial charge on any atom is -0.182 e. The molecule has 0 aliphatic rings. The van der Waals surface area contributed by atoms with Crippen LogP contribution in [0.15, 0.2) is 18.6 Å². The standard InChI is InChI=1S/2C5H12.C3H4N2S.C2H2N2S/c2*1-5(2,3)4;1-3-2-4-6-5-3;1-2-4-5-3-1/h2*1-4H3;2H,1H3;1-2H. The van der Waals surface area contributed by atoms with Crippen molar-refractivity contribution in [1.29, 1.82) is 0 Å². The summed E-state index contributed by atoms with van der Waals surface area (Å²) >= 11 is 2.45. The monoisotopic (exact) mass is 330 g/mol. The second-order valence-corrected chi connectivity index (χ2v) is 8.78. The third-order valence-electron chi connectivity index (χ3n) is 0.754. The highest BCUT2D eigenvalue weighted by atomic mass is 32.1. The predicted molar refractivity (Wildman–Crippen MR) is 94.8 cm³/mol. The van der Waals surface area contributed by atoms with E-state index < -0.39 is 0 Å². The van der Waals surface area contributed by atoms with Crippen molar-refractivity contribution in [3.8, 4) is 0 Å². The first-order valence-electron chi connectivity index (χ1n) is 6.85. The van der Waals surface area contributed by atoms with Crippen molar-refractivity contribution in [1.82, 2.24) is 17.5 Å². The molecule has 0 spiro atoms. The zero-order valence-corrected chi connectivity index (χ0v) is 16.5. The van der Waals surface area contributed by atoms with E-state index >= 15 is 0 Å². The smallest absolute Gasteiger partial charge is 0.0712 e. The van der Waals surface area contributed by atoms with Crippen molar-refractivity contribution in [2.75, 3.05) is 0 Å². The maximum atomic E-state index is 3.85. The second-order valence-electron chi connectivity index (χ2n) is 7.64. The van der Waals surface area contributed by atoms with Gasteiger partial charge in [-0.15, -0.1) is 0 Å². The molecular weight excluding hydrogens is 300 g/mol. The van der Waals surface area contributed by atoms with Crippen LogP contribution in [-0.4, -0.2) is 17.5 Å². The Morgan fingerprint density at radius 3 is 1.19 bits per heavy atom. The van der Waals surface area contributed by atoms with Gasteiger partial charge in [0, 0.05) is 0 Å². The summed E-state index contributed by atoms with van der Waals surface area (Å²) in [4.78, 5) is 0. The maximum Gasteiger partial charge on any atom is 0.0712 e. The molecule has 0 bridgehead atoms. The molecule has 0 amide bonds. The van der Waals surface area contributed by atoms with E-state index in [0.29, 0.717) is 10.8 Å². The first-order chi connectivity index (χ1) is 9.39. The van der Waals surface area contributed by atoms with Crippen molar-refractivity contribution >= 4 is 23.5 Å². The average molecular weight is 331 g/mol. The highest BCUT2D eigenvalue weighted by molar-refractivity contribution is 6.99. The van der Waals surface area contributed by atoms with Gasteiger partial charge in [-0.2, -0.15) is 17.5 Å². The Morgan fingerprint density at radius 1 is 0.714 bits per heavy atom. The van der Waals surface area contributed by atoms with Crippen LogP contribution in [0.2, 0.25) is 0 Å². The summed E-state index contributed by atoms with van der Waals surface area (Å²) in [6.07, 6.45) is 5.06. The Bertz CT molecular complexity index is 357. The van der Waals surface area contributed by atoms with E-state index in [2.05, 4.69) is 72.9 Å². The van der Waals surface area contributed by atoms with Crippen LogP contribution in [0.4, 0.5) is 0 Å². The molecule has 2 rings (SSSR count). The lowest BCUT2D eigenvalue weighted by atomic mass is 10.0. The highest BCUT2D eigenvalue weighted by Gasteiger charge is 1.96. The van der Waals surface area contributed by atoms with Crippen LogP contribution in [0.1, 0.15) is 61.1 Å². The van der Waals surface area contributed by atoms with Crippen LogP contribution in [0.5, 0.6) is 0 Å². The van der Waals surface area contributed by atoms with Crippen molar-refractivity contribution in [3.05, 3.63) is 24.3 Å². The number of hydrogen-bond donors (Lipinski definition) is 0. The summed E-state index contributed by atoms with van der Waals surface area (Å²) in [7, 11) is 0. The van der Waals surface area contributed by atoms with E-state index in [-0.39, 0.29) is 0 Å². The quantitative estimate of drug-likeness (QED) is 0.641. The van der Waals surface area contributed by atoms with Gasteiger partial charge >= 0.3 is 0 Å². The first-order valence-corrected chi connectivity index (χ1v) is 8.31. The molecule has 2 heterocycles. The topological polar surface area (TPSA) is 51.6 Å². The van der Waals surface area contributed by atoms with Crippen molar-refractivity contribution in [2.24, 2.45) is 10.8 Å². The summed E-state index contributed by atoms with van der Waals surface area (Å²) in [5.74, 6) is 0. The molecule has 6 heteroatoms. The van der Waals surface area contributed by atoms with Gasteiger partial charge in [0.15, 0.2) is 0 Å². The molecule has 0 atom stereocenters. The largest absolute Gasteiger partial charge is 0.182 e. The molecule has 0 unspecified atom stereocenters. The van der Waals surface area contributed by atoms with E-state index in [1.165, 1.54) is 23.5 Å². The first kappa shape index (κ1) is 22.4. The van der Waals surface area contributed by atoms with Gasteiger partial charge in [0.05, 0.1) is 47.7 Å². The summed E-state index contributed by atoms with van der Waals surface area (Å²) in [6.45, 7) is 19.4. The van der Waals surface area contributed by atoms with Gasteiger partial charge in [0.25, 0.3) is 0 Å². The van der Waals surface area contributed by atoms with Gasteiger partial charge in [-0.25, -0.2) is 0 Å². The van der Waals surface area contributed by atoms with Gasteiger partial charge in [-0.05, 0) is 17.8 Å². The zero-order chi connectivity index (χ0) is 16.9. The van der Waals surface area contributed by atoms with Crippen molar-refractivity contribution in [2.45, 2.75) is 62.3 Å². The minimum atomic E-state index is 0.500. The fourth-order valence-corrected chi connectivity index (χ4v) is 1.04. The molecule has 0 radical (unpaired) electrons. The molecule has 2 aromatic heterocycles. The highest BCUT2D eigenvalue weighted by Crippen LogP contribution is 2.08. The molecule has 0 aliphatic heterocycles. The fourth-order valence-electron chi connectivity index (χ4n) is 0.347. The molecule has 122 valence electrons. The van der Waals surface area contributed by atoms with E-state index in [4.69, 9.17) is 0 Å². The van der Waals surface area contributed by atoms with Crippen LogP contribution >= 0.6 is 23.5 Å². The van der Waals surface area contributed by atoms with Crippen LogP contribution < -0.4 is 0 Å². The van der Waals surface area contributed by atoms with Gasteiger partial charge in [-0.3, -0.25) is 0 Å². The third kappa shape index (κ3) is 45.3. The summed E-state index contributed by atoms with van der Waals surface area (Å²) in [5, 5.41) is 0. The van der Waals surface area contributed by atoms with E-state index in [1.54, 1.807) is 18.6 Å². The normalized spacial score (nSPS) is 10.1. The number of aryl methyl sites for hydroxylation is 1. The Hall–Kier alpha value is -0.880. The Balaban J connectivity index is 0. The Morgan fingerprint density at radius 2 is 1.10 bits per heavy atom. The second kappa shape index (κ2) is 11.7. The number of hydrogen-bond acceptors (Lipinski definition) is 6. The number of nitrogens with zero attached hydrogens (tertiary/aromatic N) is 4. The summed E-state index contributed by atoms with van der Waals surface area (Å²) in [6, 6.07) is 0. The lowest BCUT2D eigenvalue weighted by Crippen LogP contribution is -1.93. The van der Waals surface area contributed by atoms with Crippen molar-refractivity contribution < 1.29 is 0 Å². The molecule has 0 saturated carbocycles. The summed E-state index contributed by atoms with van der Waals surface area (Å²) < 4.78 is 14.9. The Kier molecular flexibility index (Phi) is 12.5. The molecule has 2 aromatic rings.